The molecule has 0 unspecified atom stereocenters. The highest BCUT2D eigenvalue weighted by Crippen LogP contribution is 2.56. The van der Waals surface area contributed by atoms with Crippen LogP contribution in [0.3, 0.4) is 0 Å². The van der Waals surface area contributed by atoms with Gasteiger partial charge in [0.25, 0.3) is 9.84 Å². The number of carboxylic acids is 1. The fourth-order valence-corrected chi connectivity index (χ4v) is 16.4. The lowest BCUT2D eigenvalue weighted by Crippen LogP contribution is -2.46. The lowest BCUT2D eigenvalue weighted by molar-refractivity contribution is -0.143. The first-order valence-electron chi connectivity index (χ1n) is 25.8. The largest absolute Gasteiger partial charge is 0.501 e. The van der Waals surface area contributed by atoms with Crippen LogP contribution in [0.2, 0.25) is 5.02 Å². The summed E-state index contributed by atoms with van der Waals surface area (Å²) in [5.41, 5.74) is 0.0604. The third-order valence-corrected chi connectivity index (χ3v) is 21.5. The van der Waals surface area contributed by atoms with E-state index in [1.54, 1.807) is 24.3 Å². The first-order chi connectivity index (χ1) is 37.0. The fraction of sp³-hybridized carbons (Fsp3) is 0.375. The number of anilines is 4. The summed E-state index contributed by atoms with van der Waals surface area (Å²) in [4.78, 5) is 18.3. The molecular weight excluding hydrogens is 1100 g/mol. The Bertz CT molecular complexity index is 3410. The molecule has 6 aromatic rings. The summed E-state index contributed by atoms with van der Waals surface area (Å²) in [5, 5.41) is 13.0. The van der Waals surface area contributed by atoms with Crippen LogP contribution in [0.5, 0.6) is 0 Å². The standard InChI is InChI=1S/C56H63ClF3N6O8PS3/c1-38(2)66-39(3)54(77(4,70)71)52(53(66)40-13-15-43(57)16-14-40)42-9-8-10-47(35-42)64-31-29-63(30-32-64)45-17-19-46(20-18-45)65-33-34-74-75(65,69)48-21-22-50(51(36-48)78(72,73)56(58,59)60)61-44(37-76-49-11-6-5-7-12-49)25-28-62-26-23-41(24-27-62)55(67)68/h5-22,35-36,38,41,44,61H,23-34,37H2,1-4H3,(H,67,68)/t44-,75+/m1/s1. The molecule has 0 spiro atoms. The minimum atomic E-state index is -5.98. The monoisotopic (exact) mass is 1170 g/mol. The van der Waals surface area contributed by atoms with E-state index in [0.29, 0.717) is 92.8 Å². The van der Waals surface area contributed by atoms with Gasteiger partial charge in [-0.2, -0.15) is 13.2 Å². The summed E-state index contributed by atoms with van der Waals surface area (Å²) >= 11 is 7.76. The van der Waals surface area contributed by atoms with Gasteiger partial charge in [0, 0.05) is 95.1 Å². The third-order valence-electron chi connectivity index (χ3n) is 14.7. The quantitative estimate of drug-likeness (QED) is 0.0618. The zero-order valence-corrected chi connectivity index (χ0v) is 47.8. The van der Waals surface area contributed by atoms with Gasteiger partial charge in [-0.15, -0.1) is 11.8 Å². The number of hydrogen-bond donors (Lipinski definition) is 2. The van der Waals surface area contributed by atoms with E-state index in [1.165, 1.54) is 34.8 Å². The van der Waals surface area contributed by atoms with E-state index in [0.717, 1.165) is 39.2 Å². The van der Waals surface area contributed by atoms with Crippen LogP contribution in [0, 0.1) is 12.8 Å². The second kappa shape index (κ2) is 23.3. The van der Waals surface area contributed by atoms with E-state index in [2.05, 4.69) is 24.6 Å². The van der Waals surface area contributed by atoms with Gasteiger partial charge in [0.15, 0.2) is 9.84 Å². The smallest absolute Gasteiger partial charge is 0.481 e. The van der Waals surface area contributed by atoms with Gasteiger partial charge in [-0.25, -0.2) is 16.8 Å². The minimum absolute atomic E-state index is 0.0206. The summed E-state index contributed by atoms with van der Waals surface area (Å²) < 4.78 is 122. The van der Waals surface area contributed by atoms with E-state index < -0.39 is 55.5 Å². The molecule has 2 atom stereocenters. The number of benzene rings is 5. The Labute approximate surface area is 463 Å². The molecule has 9 rings (SSSR count). The number of thioether (sulfide) groups is 1. The van der Waals surface area contributed by atoms with Gasteiger partial charge in [0.1, 0.15) is 4.90 Å². The number of likely N-dealkylation sites (tertiary alicyclic amines) is 1. The lowest BCUT2D eigenvalue weighted by atomic mass is 9.97. The molecular formula is C56H63ClF3N6O8PS3. The molecule has 14 nitrogen and oxygen atoms in total. The van der Waals surface area contributed by atoms with Crippen molar-refractivity contribution < 1.29 is 49.0 Å². The van der Waals surface area contributed by atoms with Crippen molar-refractivity contribution >= 4 is 84.6 Å². The van der Waals surface area contributed by atoms with Crippen molar-refractivity contribution in [3.8, 4) is 22.4 Å². The number of carbonyl (C=O) groups is 1. The van der Waals surface area contributed by atoms with Gasteiger partial charge in [-0.05, 0) is 143 Å². The molecule has 22 heteroatoms. The van der Waals surface area contributed by atoms with Gasteiger partial charge in [-0.3, -0.25) is 14.0 Å². The molecule has 0 amide bonds. The van der Waals surface area contributed by atoms with Crippen molar-refractivity contribution in [3.63, 3.8) is 0 Å². The number of hydrogen-bond acceptors (Lipinski definition) is 12. The van der Waals surface area contributed by atoms with Crippen molar-refractivity contribution in [2.75, 3.05) is 90.8 Å². The number of piperidine rings is 1. The van der Waals surface area contributed by atoms with E-state index in [-0.39, 0.29) is 35.1 Å². The average molecular weight is 1170 g/mol. The summed E-state index contributed by atoms with van der Waals surface area (Å²) in [6.07, 6.45) is 2.61. The number of carboxylic acid groups (broad SMARTS) is 1. The molecule has 0 aliphatic carbocycles. The minimum Gasteiger partial charge on any atom is -0.481 e. The Hall–Kier alpha value is -5.47. The molecule has 1 aromatic heterocycles. The molecule has 0 bridgehead atoms. The van der Waals surface area contributed by atoms with Crippen LogP contribution in [0.15, 0.2) is 136 Å². The molecule has 3 saturated heterocycles. The van der Waals surface area contributed by atoms with Gasteiger partial charge in [0.05, 0.1) is 40.7 Å². The summed E-state index contributed by atoms with van der Waals surface area (Å²) in [6, 6.07) is 35.0. The topological polar surface area (TPSA) is 162 Å². The van der Waals surface area contributed by atoms with E-state index in [1.807, 2.05) is 99.6 Å². The number of sulfone groups is 2. The number of nitrogens with one attached hydrogen (secondary N) is 1. The van der Waals surface area contributed by atoms with Crippen LogP contribution in [0.25, 0.3) is 22.4 Å². The number of nitrogens with zero attached hydrogens (tertiary/aromatic N) is 5. The van der Waals surface area contributed by atoms with Crippen molar-refractivity contribution in [3.05, 3.63) is 132 Å². The third kappa shape index (κ3) is 12.1. The van der Waals surface area contributed by atoms with Crippen LogP contribution in [-0.2, 0) is 33.6 Å². The van der Waals surface area contributed by atoms with Crippen LogP contribution < -0.4 is 25.1 Å². The maximum absolute atomic E-state index is 15.0. The van der Waals surface area contributed by atoms with Crippen molar-refractivity contribution in [2.45, 2.75) is 72.3 Å². The molecule has 0 radical (unpaired) electrons. The Morgan fingerprint density at radius 1 is 0.808 bits per heavy atom. The lowest BCUT2D eigenvalue weighted by Gasteiger charge is -2.37. The van der Waals surface area contributed by atoms with Gasteiger partial charge in [0.2, 0.25) is 0 Å². The van der Waals surface area contributed by atoms with E-state index >= 15 is 4.57 Å². The molecule has 2 N–H and O–H groups in total. The number of aliphatic carboxylic acids is 1. The normalized spacial score (nSPS) is 18.4. The Morgan fingerprint density at radius 3 is 2.06 bits per heavy atom. The first-order valence-corrected chi connectivity index (χ1v) is 32.1. The molecule has 3 aliphatic rings. The number of alkyl halides is 3. The maximum Gasteiger partial charge on any atom is 0.501 e. The van der Waals surface area contributed by atoms with Crippen molar-refractivity contribution in [1.82, 2.24) is 9.47 Å². The predicted molar refractivity (Wildman–Crippen MR) is 306 cm³/mol. The Balaban J connectivity index is 0.925. The molecule has 4 heterocycles. The summed E-state index contributed by atoms with van der Waals surface area (Å²) in [6.45, 7) is 10.2. The molecule has 3 aliphatic heterocycles. The summed E-state index contributed by atoms with van der Waals surface area (Å²) in [7, 11) is -13.8. The average Bonchev–Trinajstić information content (AvgIpc) is 4.13. The van der Waals surface area contributed by atoms with Crippen LogP contribution >= 0.6 is 30.9 Å². The molecule has 3 fully saturated rings. The Kier molecular flexibility index (Phi) is 17.1. The van der Waals surface area contributed by atoms with Crippen molar-refractivity contribution in [1.29, 1.82) is 0 Å². The van der Waals surface area contributed by atoms with Gasteiger partial charge >= 0.3 is 19.0 Å². The highest BCUT2D eigenvalue weighted by Gasteiger charge is 2.49. The highest BCUT2D eigenvalue weighted by atomic mass is 35.5. The molecule has 5 aromatic carbocycles. The van der Waals surface area contributed by atoms with Gasteiger partial charge < -0.3 is 34.2 Å². The number of halogens is 4. The van der Waals surface area contributed by atoms with Crippen LogP contribution in [0.1, 0.15) is 44.8 Å². The zero-order chi connectivity index (χ0) is 55.7. The fourth-order valence-electron chi connectivity index (χ4n) is 10.8. The SMILES string of the molecule is Cc1c(S(C)(=O)=O)c(-c2cccc(N3CCN(c4ccc(N5CCO[P@@]5(=O)c5ccc(N[C@H](CCN6CCC(C(=O)O)CC6)CSc6ccccc6)c(S(=O)(=O)C(F)(F)F)c5)cc4)CC3)c2)c(-c2ccc(Cl)cc2)n1C(C)C. The molecule has 416 valence electrons. The number of rotatable bonds is 18. The van der Waals surface area contributed by atoms with E-state index in [4.69, 9.17) is 16.1 Å². The summed E-state index contributed by atoms with van der Waals surface area (Å²) in [5.74, 6) is -0.905. The van der Waals surface area contributed by atoms with Crippen LogP contribution in [0.4, 0.5) is 35.9 Å². The maximum atomic E-state index is 15.0. The Morgan fingerprint density at radius 2 is 1.45 bits per heavy atom. The zero-order valence-electron chi connectivity index (χ0n) is 43.7. The van der Waals surface area contributed by atoms with Gasteiger partial charge in [-0.1, -0.05) is 54.1 Å². The molecule has 78 heavy (non-hydrogen) atoms. The highest BCUT2D eigenvalue weighted by molar-refractivity contribution is 7.99. The second-order valence-corrected chi connectivity index (χ2v) is 27.9. The number of piperazine rings is 1. The first kappa shape index (κ1) is 57.2. The van der Waals surface area contributed by atoms with E-state index in [9.17, 15) is 39.9 Å². The van der Waals surface area contributed by atoms with Crippen LogP contribution in [-0.4, -0.2) is 120 Å². The number of aromatic nitrogens is 1. The second-order valence-electron chi connectivity index (χ2n) is 20.2. The van der Waals surface area contributed by atoms with Crippen molar-refractivity contribution in [2.24, 2.45) is 5.92 Å². The molecule has 0 saturated carbocycles. The predicted octanol–water partition coefficient (Wildman–Crippen LogP) is 11.5.